The molecule has 1 N–H and O–H groups in total. The zero-order chi connectivity index (χ0) is 17.4. The third-order valence-corrected chi connectivity index (χ3v) is 4.79. The van der Waals surface area contributed by atoms with Gasteiger partial charge in [-0.3, -0.25) is 0 Å². The Balaban J connectivity index is 2.23. The van der Waals surface area contributed by atoms with Crippen LogP contribution in [0.4, 0.5) is 0 Å². The molecule has 0 aliphatic carbocycles. The molecule has 2 atom stereocenters. The van der Waals surface area contributed by atoms with Crippen LogP contribution >= 0.6 is 15.9 Å². The summed E-state index contributed by atoms with van der Waals surface area (Å²) < 4.78 is 7.22. The lowest BCUT2D eigenvalue weighted by Gasteiger charge is -2.36. The van der Waals surface area contributed by atoms with Gasteiger partial charge in [0.2, 0.25) is 0 Å². The molecule has 0 radical (unpaired) electrons. The molecule has 2 nitrogen and oxygen atoms in total. The number of rotatable bonds is 9. The Morgan fingerprint density at radius 3 is 2.42 bits per heavy atom. The van der Waals surface area contributed by atoms with Crippen molar-refractivity contribution >= 4 is 15.9 Å². The van der Waals surface area contributed by atoms with Crippen LogP contribution in [0.15, 0.2) is 71.7 Å². The Kier molecular flexibility index (Phi) is 7.22. The van der Waals surface area contributed by atoms with Crippen molar-refractivity contribution in [3.63, 3.8) is 0 Å². The zero-order valence-electron chi connectivity index (χ0n) is 14.1. The summed E-state index contributed by atoms with van der Waals surface area (Å²) >= 11 is 3.43. The van der Waals surface area contributed by atoms with Gasteiger partial charge in [-0.25, -0.2) is 0 Å². The largest absolute Gasteiger partial charge is 0.385 e. The van der Waals surface area contributed by atoms with E-state index in [1.54, 1.807) is 6.08 Å². The molecule has 0 spiro atoms. The van der Waals surface area contributed by atoms with Crippen molar-refractivity contribution in [3.8, 4) is 0 Å². The van der Waals surface area contributed by atoms with E-state index in [0.717, 1.165) is 34.9 Å². The topological polar surface area (TPSA) is 29.5 Å². The second-order valence-corrected chi connectivity index (χ2v) is 6.91. The average molecular weight is 389 g/mol. The van der Waals surface area contributed by atoms with Crippen LogP contribution in [0, 0.1) is 0 Å². The van der Waals surface area contributed by atoms with Crippen LogP contribution in [0.25, 0.3) is 0 Å². The highest BCUT2D eigenvalue weighted by atomic mass is 79.9. The molecule has 0 fully saturated rings. The fraction of sp³-hybridized carbons (Fsp3) is 0.333. The highest BCUT2D eigenvalue weighted by Crippen LogP contribution is 2.36. The van der Waals surface area contributed by atoms with Crippen molar-refractivity contribution in [3.05, 3.63) is 82.9 Å². The first-order valence-electron chi connectivity index (χ1n) is 8.36. The molecule has 2 aromatic rings. The molecule has 0 heterocycles. The maximum Gasteiger partial charge on any atom is 0.116 e. The predicted octanol–water partition coefficient (Wildman–Crippen LogP) is 5.81. The highest BCUT2D eigenvalue weighted by Gasteiger charge is 2.36. The van der Waals surface area contributed by atoms with Crippen molar-refractivity contribution in [2.45, 2.75) is 44.5 Å². The van der Waals surface area contributed by atoms with E-state index < -0.39 is 11.7 Å². The standard InChI is InChI=1S/C21H25BrO2/c1-3-5-15-21(4-2,24-16-17-9-7-6-8-10-17)20(23)18-11-13-19(22)14-12-18/h4,6-14,20,23H,2-3,5,15-16H2,1H3/t20-,21+/m0/s1. The molecule has 24 heavy (non-hydrogen) atoms. The van der Waals surface area contributed by atoms with Crippen LogP contribution in [-0.2, 0) is 11.3 Å². The lowest BCUT2D eigenvalue weighted by molar-refractivity contribution is -0.108. The maximum atomic E-state index is 11.0. The number of unbranched alkanes of at least 4 members (excludes halogenated alkanes) is 1. The van der Waals surface area contributed by atoms with Crippen LogP contribution in [0.1, 0.15) is 43.4 Å². The molecule has 0 aliphatic heterocycles. The van der Waals surface area contributed by atoms with Crippen molar-refractivity contribution in [1.82, 2.24) is 0 Å². The minimum atomic E-state index is -0.792. The molecule has 3 heteroatoms. The Morgan fingerprint density at radius 2 is 1.83 bits per heavy atom. The number of halogens is 1. The smallest absolute Gasteiger partial charge is 0.116 e. The second-order valence-electron chi connectivity index (χ2n) is 5.99. The van der Waals surface area contributed by atoms with Crippen LogP contribution in [0.5, 0.6) is 0 Å². The fourth-order valence-corrected chi connectivity index (χ4v) is 3.00. The van der Waals surface area contributed by atoms with E-state index >= 15 is 0 Å². The summed E-state index contributed by atoms with van der Waals surface area (Å²) in [6, 6.07) is 17.7. The van der Waals surface area contributed by atoms with Crippen LogP contribution in [0.2, 0.25) is 0 Å². The number of benzene rings is 2. The highest BCUT2D eigenvalue weighted by molar-refractivity contribution is 9.10. The number of hydrogen-bond acceptors (Lipinski definition) is 2. The van der Waals surface area contributed by atoms with Crippen molar-refractivity contribution < 1.29 is 9.84 Å². The van der Waals surface area contributed by atoms with E-state index in [0.29, 0.717) is 6.61 Å². The van der Waals surface area contributed by atoms with E-state index in [1.807, 2.05) is 54.6 Å². The molecule has 0 saturated carbocycles. The molecular weight excluding hydrogens is 364 g/mol. The third kappa shape index (κ3) is 4.79. The van der Waals surface area contributed by atoms with Crippen LogP contribution in [-0.4, -0.2) is 10.7 Å². The Labute approximate surface area is 153 Å². The van der Waals surface area contributed by atoms with Crippen molar-refractivity contribution in [1.29, 1.82) is 0 Å². The molecule has 2 rings (SSSR count). The summed E-state index contributed by atoms with van der Waals surface area (Å²) in [7, 11) is 0. The van der Waals surface area contributed by atoms with Crippen LogP contribution < -0.4 is 0 Å². The molecule has 0 amide bonds. The molecule has 2 aromatic carbocycles. The zero-order valence-corrected chi connectivity index (χ0v) is 15.7. The summed E-state index contributed by atoms with van der Waals surface area (Å²) in [5.74, 6) is 0. The lowest BCUT2D eigenvalue weighted by Crippen LogP contribution is -2.37. The summed E-state index contributed by atoms with van der Waals surface area (Å²) in [4.78, 5) is 0. The van der Waals surface area contributed by atoms with Gasteiger partial charge in [0.05, 0.1) is 6.61 Å². The summed E-state index contributed by atoms with van der Waals surface area (Å²) in [5, 5.41) is 11.0. The fourth-order valence-electron chi connectivity index (χ4n) is 2.73. The van der Waals surface area contributed by atoms with Gasteiger partial charge in [0.15, 0.2) is 0 Å². The number of aliphatic hydroxyl groups excluding tert-OH is 1. The lowest BCUT2D eigenvalue weighted by atomic mass is 9.86. The molecule has 128 valence electrons. The SMILES string of the molecule is C=C[C@](CCCC)(OCc1ccccc1)[C@@H](O)c1ccc(Br)cc1. The van der Waals surface area contributed by atoms with Crippen molar-refractivity contribution in [2.24, 2.45) is 0 Å². The number of hydrogen-bond donors (Lipinski definition) is 1. The van der Waals surface area contributed by atoms with Gasteiger partial charge in [0.1, 0.15) is 11.7 Å². The Hall–Kier alpha value is -1.42. The van der Waals surface area contributed by atoms with Gasteiger partial charge in [-0.1, -0.05) is 84.2 Å². The molecule has 0 aliphatic rings. The predicted molar refractivity (Wildman–Crippen MR) is 103 cm³/mol. The first kappa shape index (κ1) is 18.9. The van der Waals surface area contributed by atoms with E-state index in [4.69, 9.17) is 4.74 Å². The van der Waals surface area contributed by atoms with Gasteiger partial charge < -0.3 is 9.84 Å². The van der Waals surface area contributed by atoms with E-state index in [1.165, 1.54) is 0 Å². The summed E-state index contributed by atoms with van der Waals surface area (Å²) in [6.45, 7) is 6.55. The summed E-state index contributed by atoms with van der Waals surface area (Å²) in [5.41, 5.74) is 1.13. The van der Waals surface area contributed by atoms with Gasteiger partial charge in [0, 0.05) is 4.47 Å². The monoisotopic (exact) mass is 388 g/mol. The van der Waals surface area contributed by atoms with Gasteiger partial charge in [-0.15, -0.1) is 6.58 Å². The molecule has 0 unspecified atom stereocenters. The number of aliphatic hydroxyl groups is 1. The molecule has 0 bridgehead atoms. The first-order valence-corrected chi connectivity index (χ1v) is 9.15. The molecule has 0 saturated heterocycles. The van der Waals surface area contributed by atoms with Crippen molar-refractivity contribution in [2.75, 3.05) is 0 Å². The third-order valence-electron chi connectivity index (χ3n) is 4.27. The van der Waals surface area contributed by atoms with E-state index in [2.05, 4.69) is 29.4 Å². The maximum absolute atomic E-state index is 11.0. The normalized spacial score (nSPS) is 14.8. The summed E-state index contributed by atoms with van der Waals surface area (Å²) in [6.07, 6.45) is 3.75. The van der Waals surface area contributed by atoms with E-state index in [9.17, 15) is 5.11 Å². The minimum Gasteiger partial charge on any atom is -0.385 e. The van der Waals surface area contributed by atoms with Gasteiger partial charge in [0.25, 0.3) is 0 Å². The van der Waals surface area contributed by atoms with Gasteiger partial charge >= 0.3 is 0 Å². The minimum absolute atomic E-state index is 0.449. The average Bonchev–Trinajstić information content (AvgIpc) is 2.63. The van der Waals surface area contributed by atoms with Gasteiger partial charge in [-0.2, -0.15) is 0 Å². The van der Waals surface area contributed by atoms with Gasteiger partial charge in [-0.05, 0) is 29.7 Å². The second kappa shape index (κ2) is 9.16. The molecule has 0 aromatic heterocycles. The Bertz CT molecular complexity index is 624. The van der Waals surface area contributed by atoms with Crippen LogP contribution in [0.3, 0.4) is 0 Å². The Morgan fingerprint density at radius 1 is 1.17 bits per heavy atom. The number of ether oxygens (including phenoxy) is 1. The van der Waals surface area contributed by atoms with E-state index in [-0.39, 0.29) is 0 Å². The molecular formula is C21H25BrO2. The first-order chi connectivity index (χ1) is 11.6. The quantitative estimate of drug-likeness (QED) is 0.548.